The van der Waals surface area contributed by atoms with Crippen molar-refractivity contribution < 1.29 is 19.8 Å². The molecule has 1 aromatic heterocycles. The summed E-state index contributed by atoms with van der Waals surface area (Å²) in [4.78, 5) is 26.6. The van der Waals surface area contributed by atoms with Crippen LogP contribution in [-0.2, 0) is 0 Å². The van der Waals surface area contributed by atoms with Crippen molar-refractivity contribution >= 4 is 44.9 Å². The van der Waals surface area contributed by atoms with Gasteiger partial charge in [-0.15, -0.1) is 11.3 Å². The van der Waals surface area contributed by atoms with Gasteiger partial charge in [-0.1, -0.05) is 12.1 Å². The number of rotatable bonds is 5. The molecule has 3 N–H and O–H groups in total. The molecule has 26 heavy (non-hydrogen) atoms. The number of nitrogens with zero attached hydrogens (tertiary/aromatic N) is 3. The second kappa shape index (κ2) is 7.00. The number of carboxylic acids is 2. The second-order valence-electron chi connectivity index (χ2n) is 5.08. The molecule has 1 heterocycles. The van der Waals surface area contributed by atoms with Crippen molar-refractivity contribution in [1.82, 2.24) is 4.98 Å². The lowest BCUT2D eigenvalue weighted by Crippen LogP contribution is -2.06. The molecule has 0 aliphatic rings. The Morgan fingerprint density at radius 2 is 1.77 bits per heavy atom. The van der Waals surface area contributed by atoms with Gasteiger partial charge >= 0.3 is 11.9 Å². The summed E-state index contributed by atoms with van der Waals surface area (Å²) in [5, 5.41) is 31.8. The van der Waals surface area contributed by atoms with E-state index in [1.165, 1.54) is 23.5 Å². The van der Waals surface area contributed by atoms with Crippen LogP contribution in [0.3, 0.4) is 0 Å². The highest BCUT2D eigenvalue weighted by molar-refractivity contribution is 7.20. The van der Waals surface area contributed by atoms with Gasteiger partial charge < -0.3 is 10.2 Å². The molecule has 0 amide bonds. The molecular formula is C17H10N4O4S. The minimum absolute atomic E-state index is 0.00352. The highest BCUT2D eigenvalue weighted by Crippen LogP contribution is 2.22. The maximum absolute atomic E-state index is 11.1. The lowest BCUT2D eigenvalue weighted by Gasteiger charge is -2.05. The number of thiazole rings is 1. The Kier molecular flexibility index (Phi) is 4.59. The van der Waals surface area contributed by atoms with Crippen LogP contribution in [0.2, 0.25) is 0 Å². The number of nitrogens with one attached hydrogen (secondary N) is 1. The van der Waals surface area contributed by atoms with Gasteiger partial charge in [0, 0.05) is 0 Å². The number of aromatic nitrogens is 1. The number of aromatic carboxylic acids is 2. The largest absolute Gasteiger partial charge is 0.478 e. The SMILES string of the molecule is N#CC(=NNc1cc(C(=O)O)cc(C(=O)O)c1)c1nc2ccccc2s1. The number of nitriles is 1. The van der Waals surface area contributed by atoms with E-state index in [0.29, 0.717) is 5.01 Å². The van der Waals surface area contributed by atoms with Crippen LogP contribution in [0, 0.1) is 11.3 Å². The van der Waals surface area contributed by atoms with Crippen LogP contribution in [0.5, 0.6) is 0 Å². The molecular weight excluding hydrogens is 356 g/mol. The second-order valence-corrected chi connectivity index (χ2v) is 6.11. The van der Waals surface area contributed by atoms with Gasteiger partial charge in [-0.25, -0.2) is 14.6 Å². The summed E-state index contributed by atoms with van der Waals surface area (Å²) >= 11 is 1.29. The van der Waals surface area contributed by atoms with Gasteiger partial charge in [0.2, 0.25) is 0 Å². The van der Waals surface area contributed by atoms with Gasteiger partial charge in [-0.05, 0) is 30.3 Å². The van der Waals surface area contributed by atoms with Crippen LogP contribution in [0.25, 0.3) is 10.2 Å². The molecule has 0 unspecified atom stereocenters. The summed E-state index contributed by atoms with van der Waals surface area (Å²) in [7, 11) is 0. The molecule has 0 radical (unpaired) electrons. The molecule has 9 heteroatoms. The van der Waals surface area contributed by atoms with E-state index in [4.69, 9.17) is 10.2 Å². The standard InChI is InChI=1S/C17H10N4O4S/c18-8-13(15-19-12-3-1-2-4-14(12)26-15)21-20-11-6-9(16(22)23)5-10(7-11)17(24)25/h1-7,20H,(H,22,23)(H,24,25). The van der Waals surface area contributed by atoms with Gasteiger partial charge in [-0.3, -0.25) is 5.43 Å². The van der Waals surface area contributed by atoms with Crippen molar-refractivity contribution in [3.8, 4) is 6.07 Å². The number of carbonyl (C=O) groups is 2. The molecule has 0 atom stereocenters. The van der Waals surface area contributed by atoms with Crippen LogP contribution < -0.4 is 5.43 Å². The third-order valence-corrected chi connectivity index (χ3v) is 4.37. The first-order valence-corrected chi connectivity index (χ1v) is 8.01. The third kappa shape index (κ3) is 3.50. The van der Waals surface area contributed by atoms with Crippen LogP contribution in [0.4, 0.5) is 5.69 Å². The van der Waals surface area contributed by atoms with E-state index in [9.17, 15) is 14.9 Å². The Morgan fingerprint density at radius 3 is 2.35 bits per heavy atom. The smallest absolute Gasteiger partial charge is 0.335 e. The fraction of sp³-hybridized carbons (Fsp3) is 0. The number of anilines is 1. The predicted molar refractivity (Wildman–Crippen MR) is 95.8 cm³/mol. The summed E-state index contributed by atoms with van der Waals surface area (Å²) in [5.74, 6) is -2.54. The number of fused-ring (bicyclic) bond motifs is 1. The summed E-state index contributed by atoms with van der Waals surface area (Å²) < 4.78 is 0.895. The minimum Gasteiger partial charge on any atom is -0.478 e. The molecule has 0 aliphatic carbocycles. The Balaban J connectivity index is 1.95. The average Bonchev–Trinajstić information content (AvgIpc) is 3.05. The molecule has 8 nitrogen and oxygen atoms in total. The summed E-state index contributed by atoms with van der Waals surface area (Å²) in [6.45, 7) is 0. The van der Waals surface area contributed by atoms with Crippen LogP contribution in [0.15, 0.2) is 47.6 Å². The average molecular weight is 366 g/mol. The summed E-state index contributed by atoms with van der Waals surface area (Å²) in [6, 6.07) is 12.8. The van der Waals surface area contributed by atoms with Crippen molar-refractivity contribution in [2.75, 3.05) is 5.43 Å². The van der Waals surface area contributed by atoms with Gasteiger partial charge in [0.1, 0.15) is 6.07 Å². The Labute approximate surface area is 150 Å². The van der Waals surface area contributed by atoms with Crippen molar-refractivity contribution in [2.45, 2.75) is 0 Å². The minimum atomic E-state index is -1.27. The van der Waals surface area contributed by atoms with Crippen LogP contribution in [-0.4, -0.2) is 32.8 Å². The Bertz CT molecular complexity index is 1030. The van der Waals surface area contributed by atoms with Gasteiger partial charge in [0.25, 0.3) is 0 Å². The fourth-order valence-corrected chi connectivity index (χ4v) is 3.06. The topological polar surface area (TPSA) is 136 Å². The zero-order valence-electron chi connectivity index (χ0n) is 13.0. The monoisotopic (exact) mass is 366 g/mol. The first-order valence-electron chi connectivity index (χ1n) is 7.19. The quantitative estimate of drug-likeness (QED) is 0.466. The highest BCUT2D eigenvalue weighted by atomic mass is 32.1. The summed E-state index contributed by atoms with van der Waals surface area (Å²) in [5.41, 5.74) is 2.99. The highest BCUT2D eigenvalue weighted by Gasteiger charge is 2.13. The molecule has 3 aromatic rings. The lowest BCUT2D eigenvalue weighted by molar-refractivity contribution is 0.0696. The molecule has 3 rings (SSSR count). The summed E-state index contributed by atoms with van der Waals surface area (Å²) in [6.07, 6.45) is 0. The van der Waals surface area contributed by atoms with E-state index in [0.717, 1.165) is 16.3 Å². The fourth-order valence-electron chi connectivity index (χ4n) is 2.15. The first-order chi connectivity index (χ1) is 12.5. The van der Waals surface area contributed by atoms with Crippen LogP contribution >= 0.6 is 11.3 Å². The van der Waals surface area contributed by atoms with E-state index in [1.807, 2.05) is 30.3 Å². The van der Waals surface area contributed by atoms with E-state index >= 15 is 0 Å². The molecule has 0 saturated heterocycles. The maximum Gasteiger partial charge on any atom is 0.335 e. The van der Waals surface area contributed by atoms with Crippen molar-refractivity contribution in [3.05, 3.63) is 58.6 Å². The van der Waals surface area contributed by atoms with Gasteiger partial charge in [0.15, 0.2) is 10.7 Å². The Morgan fingerprint density at radius 1 is 1.12 bits per heavy atom. The number of carboxylic acid groups (broad SMARTS) is 2. The zero-order valence-corrected chi connectivity index (χ0v) is 13.8. The van der Waals surface area contributed by atoms with E-state index in [-0.39, 0.29) is 22.5 Å². The number of hydrogen-bond donors (Lipinski definition) is 3. The molecule has 0 saturated carbocycles. The molecule has 0 bridgehead atoms. The molecule has 0 aliphatic heterocycles. The van der Waals surface area contributed by atoms with Gasteiger partial charge in [-0.2, -0.15) is 10.4 Å². The molecule has 0 fully saturated rings. The van der Waals surface area contributed by atoms with Crippen molar-refractivity contribution in [3.63, 3.8) is 0 Å². The molecule has 2 aromatic carbocycles. The number of para-hydroxylation sites is 1. The normalized spacial score (nSPS) is 11.1. The van der Waals surface area contributed by atoms with Crippen molar-refractivity contribution in [1.29, 1.82) is 5.26 Å². The van der Waals surface area contributed by atoms with E-state index in [1.54, 1.807) is 0 Å². The maximum atomic E-state index is 11.1. The predicted octanol–water partition coefficient (Wildman–Crippen LogP) is 3.03. The third-order valence-electron chi connectivity index (χ3n) is 3.33. The number of benzene rings is 2. The number of hydrogen-bond acceptors (Lipinski definition) is 7. The van der Waals surface area contributed by atoms with E-state index < -0.39 is 11.9 Å². The zero-order chi connectivity index (χ0) is 18.7. The Hall–Kier alpha value is -3.77. The van der Waals surface area contributed by atoms with Crippen LogP contribution in [0.1, 0.15) is 25.7 Å². The molecule has 0 spiro atoms. The first kappa shape index (κ1) is 17.1. The lowest BCUT2D eigenvalue weighted by atomic mass is 10.1. The van der Waals surface area contributed by atoms with Gasteiger partial charge in [0.05, 0.1) is 27.0 Å². The van der Waals surface area contributed by atoms with E-state index in [2.05, 4.69) is 15.5 Å². The number of hydrazone groups is 1. The molecule has 128 valence electrons. The van der Waals surface area contributed by atoms with Crippen molar-refractivity contribution in [2.24, 2.45) is 5.10 Å².